The second-order valence-corrected chi connectivity index (χ2v) is 6.35. The van der Waals surface area contributed by atoms with Crippen LogP contribution in [0, 0.1) is 5.92 Å². The van der Waals surface area contributed by atoms with Crippen LogP contribution in [0.1, 0.15) is 19.7 Å². The average Bonchev–Trinajstić information content (AvgIpc) is 2.86. The fourth-order valence-corrected chi connectivity index (χ4v) is 2.55. The summed E-state index contributed by atoms with van der Waals surface area (Å²) in [6.45, 7) is 5.91. The molecule has 112 valence electrons. The van der Waals surface area contributed by atoms with Gasteiger partial charge in [-0.3, -0.25) is 4.90 Å². The number of hydrogen-bond acceptors (Lipinski definition) is 5. The Hall–Kier alpha value is -1.43. The van der Waals surface area contributed by atoms with Gasteiger partial charge in [0.25, 0.3) is 0 Å². The molecule has 3 rings (SSSR count). The van der Waals surface area contributed by atoms with Gasteiger partial charge in [-0.1, -0.05) is 25.4 Å². The lowest BCUT2D eigenvalue weighted by Crippen LogP contribution is -2.63. The Morgan fingerprint density at radius 2 is 1.95 bits per heavy atom. The van der Waals surface area contributed by atoms with Crippen molar-refractivity contribution in [3.8, 4) is 11.5 Å². The molecule has 0 radical (unpaired) electrons. The van der Waals surface area contributed by atoms with Crippen molar-refractivity contribution in [3.63, 3.8) is 0 Å². The molecule has 1 fully saturated rings. The highest BCUT2D eigenvalue weighted by Gasteiger charge is 2.43. The molecule has 0 spiro atoms. The molecule has 1 N–H and O–H groups in total. The van der Waals surface area contributed by atoms with Crippen LogP contribution in [0.4, 0.5) is 0 Å². The number of β-amino-alcohol motifs (C(OH)–C–C–N with tert-alkyl or cyclic N) is 1. The Labute approximate surface area is 128 Å². The molecule has 21 heavy (non-hydrogen) atoms. The molecule has 0 bridgehead atoms. The first-order valence-electron chi connectivity index (χ1n) is 6.99. The summed E-state index contributed by atoms with van der Waals surface area (Å²) in [4.78, 5) is 2.10. The molecule has 5 nitrogen and oxygen atoms in total. The van der Waals surface area contributed by atoms with Gasteiger partial charge in [0.15, 0.2) is 0 Å². The molecule has 0 saturated carbocycles. The molecular formula is C15H18ClN3O2. The van der Waals surface area contributed by atoms with Gasteiger partial charge >= 0.3 is 0 Å². The third kappa shape index (κ3) is 2.95. The van der Waals surface area contributed by atoms with E-state index in [2.05, 4.69) is 15.1 Å². The lowest BCUT2D eigenvalue weighted by Gasteiger charge is -2.48. The van der Waals surface area contributed by atoms with Crippen LogP contribution >= 0.6 is 11.6 Å². The molecule has 0 amide bonds. The van der Waals surface area contributed by atoms with Crippen LogP contribution in [0.5, 0.6) is 0 Å². The highest BCUT2D eigenvalue weighted by atomic mass is 35.5. The smallest absolute Gasteiger partial charge is 0.247 e. The summed E-state index contributed by atoms with van der Waals surface area (Å²) in [6.07, 6.45) is 0. The zero-order valence-corrected chi connectivity index (χ0v) is 12.8. The molecule has 0 atom stereocenters. The fraction of sp³-hybridized carbons (Fsp3) is 0.467. The maximum absolute atomic E-state index is 10.2. The predicted molar refractivity (Wildman–Crippen MR) is 79.8 cm³/mol. The lowest BCUT2D eigenvalue weighted by atomic mass is 9.83. The van der Waals surface area contributed by atoms with Gasteiger partial charge < -0.3 is 9.52 Å². The van der Waals surface area contributed by atoms with Crippen LogP contribution in [0.3, 0.4) is 0 Å². The van der Waals surface area contributed by atoms with Gasteiger partial charge in [-0.2, -0.15) is 0 Å². The van der Waals surface area contributed by atoms with Gasteiger partial charge in [0.05, 0.1) is 12.1 Å². The van der Waals surface area contributed by atoms with Crippen molar-refractivity contribution in [2.75, 3.05) is 13.1 Å². The van der Waals surface area contributed by atoms with Crippen LogP contribution in [0.25, 0.3) is 11.5 Å². The van der Waals surface area contributed by atoms with Crippen molar-refractivity contribution < 1.29 is 9.52 Å². The first kappa shape index (κ1) is 14.5. The van der Waals surface area contributed by atoms with Crippen molar-refractivity contribution in [1.29, 1.82) is 0 Å². The highest BCUT2D eigenvalue weighted by molar-refractivity contribution is 6.30. The number of likely N-dealkylation sites (tertiary alicyclic amines) is 1. The van der Waals surface area contributed by atoms with Crippen LogP contribution < -0.4 is 0 Å². The summed E-state index contributed by atoms with van der Waals surface area (Å²) in [7, 11) is 0. The summed E-state index contributed by atoms with van der Waals surface area (Å²) in [5.74, 6) is 1.30. The number of rotatable bonds is 4. The van der Waals surface area contributed by atoms with E-state index in [-0.39, 0.29) is 5.92 Å². The second kappa shape index (κ2) is 5.40. The zero-order chi connectivity index (χ0) is 15.0. The monoisotopic (exact) mass is 307 g/mol. The first-order chi connectivity index (χ1) is 9.96. The molecule has 1 saturated heterocycles. The Kier molecular flexibility index (Phi) is 3.73. The highest BCUT2D eigenvalue weighted by Crippen LogP contribution is 2.30. The van der Waals surface area contributed by atoms with E-state index in [1.54, 1.807) is 12.1 Å². The number of aliphatic hydroxyl groups is 1. The van der Waals surface area contributed by atoms with Crippen molar-refractivity contribution in [2.45, 2.75) is 26.0 Å². The minimum absolute atomic E-state index is 0.251. The molecule has 1 aromatic carbocycles. The van der Waals surface area contributed by atoms with Crippen LogP contribution in [0.2, 0.25) is 5.02 Å². The molecule has 6 heteroatoms. The molecule has 2 aromatic rings. The van der Waals surface area contributed by atoms with E-state index in [0.29, 0.717) is 36.4 Å². The van der Waals surface area contributed by atoms with Crippen LogP contribution in [-0.4, -0.2) is 38.9 Å². The van der Waals surface area contributed by atoms with Gasteiger partial charge in [-0.25, -0.2) is 0 Å². The standard InChI is InChI=1S/C15H18ClN3O2/c1-10(2)15(20)8-19(9-15)7-13-17-18-14(21-13)11-3-5-12(16)6-4-11/h3-6,10,20H,7-9H2,1-2H3. The third-order valence-corrected chi connectivity index (χ3v) is 4.24. The van der Waals surface area contributed by atoms with E-state index in [1.807, 2.05) is 26.0 Å². The summed E-state index contributed by atoms with van der Waals surface area (Å²) < 4.78 is 5.66. The predicted octanol–water partition coefficient (Wildman–Crippen LogP) is 2.59. The average molecular weight is 308 g/mol. The summed E-state index contributed by atoms with van der Waals surface area (Å²) in [5.41, 5.74) is 0.263. The normalized spacial score (nSPS) is 18.0. The van der Waals surface area contributed by atoms with E-state index in [4.69, 9.17) is 16.0 Å². The van der Waals surface area contributed by atoms with Crippen molar-refractivity contribution in [2.24, 2.45) is 5.92 Å². The van der Waals surface area contributed by atoms with Crippen LogP contribution in [0.15, 0.2) is 28.7 Å². The summed E-state index contributed by atoms with van der Waals surface area (Å²) >= 11 is 5.85. The molecule has 0 unspecified atom stereocenters. The maximum Gasteiger partial charge on any atom is 0.247 e. The largest absolute Gasteiger partial charge is 0.419 e. The molecule has 1 aliphatic heterocycles. The number of aromatic nitrogens is 2. The Morgan fingerprint density at radius 1 is 1.29 bits per heavy atom. The number of nitrogens with zero attached hydrogens (tertiary/aromatic N) is 3. The van der Waals surface area contributed by atoms with Crippen molar-refractivity contribution in [3.05, 3.63) is 35.2 Å². The number of benzene rings is 1. The lowest BCUT2D eigenvalue weighted by molar-refractivity contribution is -0.132. The van der Waals surface area contributed by atoms with Gasteiger partial charge in [0.1, 0.15) is 0 Å². The van der Waals surface area contributed by atoms with Crippen molar-refractivity contribution in [1.82, 2.24) is 15.1 Å². The first-order valence-corrected chi connectivity index (χ1v) is 7.37. The molecule has 1 aliphatic rings. The molecule has 0 aliphatic carbocycles. The Morgan fingerprint density at radius 3 is 2.57 bits per heavy atom. The number of hydrogen-bond donors (Lipinski definition) is 1. The van der Waals surface area contributed by atoms with Crippen LogP contribution in [-0.2, 0) is 6.54 Å². The van der Waals surface area contributed by atoms with E-state index < -0.39 is 5.60 Å². The fourth-order valence-electron chi connectivity index (χ4n) is 2.42. The second-order valence-electron chi connectivity index (χ2n) is 5.91. The molecule has 1 aromatic heterocycles. The van der Waals surface area contributed by atoms with Crippen molar-refractivity contribution >= 4 is 11.6 Å². The molecular weight excluding hydrogens is 290 g/mol. The maximum atomic E-state index is 10.2. The Balaban J connectivity index is 1.63. The number of halogens is 1. The van der Waals surface area contributed by atoms with E-state index in [1.165, 1.54) is 0 Å². The summed E-state index contributed by atoms with van der Waals surface area (Å²) in [5, 5.41) is 19.0. The van der Waals surface area contributed by atoms with E-state index >= 15 is 0 Å². The summed E-state index contributed by atoms with van der Waals surface area (Å²) in [6, 6.07) is 7.28. The van der Waals surface area contributed by atoms with Gasteiger partial charge in [0.2, 0.25) is 11.8 Å². The van der Waals surface area contributed by atoms with E-state index in [9.17, 15) is 5.11 Å². The zero-order valence-electron chi connectivity index (χ0n) is 12.1. The molecule has 2 heterocycles. The quantitative estimate of drug-likeness (QED) is 0.940. The van der Waals surface area contributed by atoms with E-state index in [0.717, 1.165) is 5.56 Å². The van der Waals surface area contributed by atoms with Gasteiger partial charge in [-0.05, 0) is 30.2 Å². The SMILES string of the molecule is CC(C)C1(O)CN(Cc2nnc(-c3ccc(Cl)cc3)o2)C1. The van der Waals surface area contributed by atoms with Gasteiger partial charge in [0, 0.05) is 23.7 Å². The third-order valence-electron chi connectivity index (χ3n) is 3.99. The minimum atomic E-state index is -0.584. The van der Waals surface area contributed by atoms with Gasteiger partial charge in [-0.15, -0.1) is 10.2 Å². The minimum Gasteiger partial charge on any atom is -0.419 e. The Bertz CT molecular complexity index is 618. The topological polar surface area (TPSA) is 62.4 Å².